The Morgan fingerprint density at radius 1 is 1.33 bits per heavy atom. The Balaban J connectivity index is 1.55. The summed E-state index contributed by atoms with van der Waals surface area (Å²) in [5.74, 6) is -0.0842. The molecule has 0 amide bonds. The quantitative estimate of drug-likeness (QED) is 0.820. The molecule has 2 saturated heterocycles. The predicted molar refractivity (Wildman–Crippen MR) is 89.8 cm³/mol. The third kappa shape index (κ3) is 4.05. The smallest absolute Gasteiger partial charge is 0.215 e. The Kier molecular flexibility index (Phi) is 5.10. The van der Waals surface area contributed by atoms with Crippen LogP contribution in [-0.2, 0) is 10.0 Å². The van der Waals surface area contributed by atoms with E-state index in [-0.39, 0.29) is 23.4 Å². The van der Waals surface area contributed by atoms with Gasteiger partial charge in [-0.1, -0.05) is 12.1 Å². The Morgan fingerprint density at radius 2 is 2.04 bits per heavy atom. The molecule has 24 heavy (non-hydrogen) atoms. The highest BCUT2D eigenvalue weighted by atomic mass is 32.2. The van der Waals surface area contributed by atoms with Crippen molar-refractivity contribution < 1.29 is 17.5 Å². The Morgan fingerprint density at radius 3 is 2.67 bits per heavy atom. The van der Waals surface area contributed by atoms with Crippen molar-refractivity contribution in [2.45, 2.75) is 31.4 Å². The summed E-state index contributed by atoms with van der Waals surface area (Å²) in [6, 6.07) is 6.29. The van der Waals surface area contributed by atoms with Gasteiger partial charge in [-0.2, -0.15) is 0 Å². The fraction of sp³-hybridized carbons (Fsp3) is 0.625. The number of halogens is 1. The van der Waals surface area contributed by atoms with Gasteiger partial charge in [-0.3, -0.25) is 5.32 Å². The Bertz CT molecular complexity index is 669. The molecule has 0 spiro atoms. The third-order valence-electron chi connectivity index (χ3n) is 4.58. The van der Waals surface area contributed by atoms with Crippen molar-refractivity contribution >= 4 is 10.0 Å². The van der Waals surface area contributed by atoms with Gasteiger partial charge in [0.05, 0.1) is 5.75 Å². The minimum Gasteiger partial charge on any atom is -0.487 e. The van der Waals surface area contributed by atoms with E-state index in [9.17, 15) is 12.8 Å². The fourth-order valence-electron chi connectivity index (χ4n) is 3.22. The lowest BCUT2D eigenvalue weighted by molar-refractivity contribution is 0.130. The fourth-order valence-corrected chi connectivity index (χ4v) is 5.18. The summed E-state index contributed by atoms with van der Waals surface area (Å²) in [5, 5.41) is 6.32. The van der Waals surface area contributed by atoms with Gasteiger partial charge < -0.3 is 10.1 Å². The molecule has 2 heterocycles. The number of piperidine rings is 1. The topological polar surface area (TPSA) is 70.7 Å². The van der Waals surface area contributed by atoms with Crippen LogP contribution in [0.1, 0.15) is 19.8 Å². The lowest BCUT2D eigenvalue weighted by atomic mass is 10.1. The van der Waals surface area contributed by atoms with Gasteiger partial charge in [0.25, 0.3) is 0 Å². The Labute approximate surface area is 142 Å². The second kappa shape index (κ2) is 6.95. The number of hydrogen-bond acceptors (Lipinski definition) is 5. The standard InChI is InChI=1S/C16H24FN3O3S/c1-16(10-18-12-19-16)11-24(21,22)20-8-6-13(7-9-20)23-15-5-3-2-4-14(15)17/h2-5,13,18-19H,6-12H2,1H3/t16-/m0/s1. The van der Waals surface area contributed by atoms with Gasteiger partial charge in [0.1, 0.15) is 6.10 Å². The average Bonchev–Trinajstić information content (AvgIpc) is 2.95. The van der Waals surface area contributed by atoms with Crippen LogP contribution in [0, 0.1) is 5.82 Å². The lowest BCUT2D eigenvalue weighted by Crippen LogP contribution is -2.51. The van der Waals surface area contributed by atoms with E-state index < -0.39 is 15.6 Å². The van der Waals surface area contributed by atoms with Crippen molar-refractivity contribution in [3.63, 3.8) is 0 Å². The minimum atomic E-state index is -3.33. The van der Waals surface area contributed by atoms with Crippen molar-refractivity contribution in [3.8, 4) is 5.75 Å². The molecular formula is C16H24FN3O3S. The van der Waals surface area contributed by atoms with Gasteiger partial charge in [0, 0.05) is 31.8 Å². The molecule has 0 unspecified atom stereocenters. The normalized spacial score (nSPS) is 26.6. The number of nitrogens with one attached hydrogen (secondary N) is 2. The van der Waals surface area contributed by atoms with Crippen molar-refractivity contribution in [1.82, 2.24) is 14.9 Å². The zero-order valence-electron chi connectivity index (χ0n) is 13.8. The number of sulfonamides is 1. The molecular weight excluding hydrogens is 333 g/mol. The van der Waals surface area contributed by atoms with Gasteiger partial charge in [-0.25, -0.2) is 17.1 Å². The van der Waals surface area contributed by atoms with E-state index in [0.717, 1.165) is 0 Å². The van der Waals surface area contributed by atoms with Gasteiger partial charge in [0.15, 0.2) is 11.6 Å². The van der Waals surface area contributed by atoms with E-state index in [1.165, 1.54) is 10.4 Å². The second-order valence-corrected chi connectivity index (χ2v) is 8.71. The highest BCUT2D eigenvalue weighted by Crippen LogP contribution is 2.24. The zero-order chi connectivity index (χ0) is 17.2. The largest absolute Gasteiger partial charge is 0.487 e. The number of hydrogen-bond donors (Lipinski definition) is 2. The highest BCUT2D eigenvalue weighted by molar-refractivity contribution is 7.89. The van der Waals surface area contributed by atoms with Crippen LogP contribution in [0.15, 0.2) is 24.3 Å². The van der Waals surface area contributed by atoms with Crippen LogP contribution in [0.25, 0.3) is 0 Å². The van der Waals surface area contributed by atoms with Crippen LogP contribution in [0.3, 0.4) is 0 Å². The molecule has 1 aromatic rings. The first-order valence-corrected chi connectivity index (χ1v) is 9.84. The lowest BCUT2D eigenvalue weighted by Gasteiger charge is -2.34. The molecule has 1 atom stereocenters. The van der Waals surface area contributed by atoms with Crippen LogP contribution >= 0.6 is 0 Å². The molecule has 2 aliphatic rings. The predicted octanol–water partition coefficient (Wildman–Crippen LogP) is 0.908. The summed E-state index contributed by atoms with van der Waals surface area (Å²) >= 11 is 0. The first-order chi connectivity index (χ1) is 11.4. The molecule has 1 aromatic carbocycles. The number of para-hydroxylation sites is 1. The van der Waals surface area contributed by atoms with Crippen LogP contribution in [0.5, 0.6) is 5.75 Å². The Hall–Kier alpha value is -1.22. The zero-order valence-corrected chi connectivity index (χ0v) is 14.6. The summed E-state index contributed by atoms with van der Waals surface area (Å²) in [7, 11) is -3.33. The van der Waals surface area contributed by atoms with E-state index in [4.69, 9.17) is 4.74 Å². The summed E-state index contributed by atoms with van der Waals surface area (Å²) in [6.45, 7) is 4.00. The molecule has 0 aromatic heterocycles. The van der Waals surface area contributed by atoms with Crippen LogP contribution in [0.4, 0.5) is 4.39 Å². The molecule has 8 heteroatoms. The average molecular weight is 357 g/mol. The van der Waals surface area contributed by atoms with E-state index >= 15 is 0 Å². The van der Waals surface area contributed by atoms with Crippen molar-refractivity contribution in [2.24, 2.45) is 0 Å². The first kappa shape index (κ1) is 17.6. The van der Waals surface area contributed by atoms with Crippen LogP contribution < -0.4 is 15.4 Å². The van der Waals surface area contributed by atoms with Gasteiger partial charge in [-0.15, -0.1) is 0 Å². The first-order valence-electron chi connectivity index (χ1n) is 8.23. The molecule has 0 aliphatic carbocycles. The molecule has 0 bridgehead atoms. The van der Waals surface area contributed by atoms with Crippen LogP contribution in [-0.4, -0.2) is 56.4 Å². The summed E-state index contributed by atoms with van der Waals surface area (Å²) in [4.78, 5) is 0. The molecule has 0 saturated carbocycles. The third-order valence-corrected chi connectivity index (χ3v) is 6.73. The van der Waals surface area contributed by atoms with Gasteiger partial charge in [0.2, 0.25) is 10.0 Å². The van der Waals surface area contributed by atoms with E-state index in [0.29, 0.717) is 39.1 Å². The van der Waals surface area contributed by atoms with E-state index in [2.05, 4.69) is 10.6 Å². The molecule has 3 rings (SSSR count). The van der Waals surface area contributed by atoms with Gasteiger partial charge >= 0.3 is 0 Å². The minimum absolute atomic E-state index is 0.0752. The maximum atomic E-state index is 13.6. The number of benzene rings is 1. The highest BCUT2D eigenvalue weighted by Gasteiger charge is 2.37. The van der Waals surface area contributed by atoms with Crippen molar-refractivity contribution in [1.29, 1.82) is 0 Å². The van der Waals surface area contributed by atoms with E-state index in [1.54, 1.807) is 18.2 Å². The maximum absolute atomic E-state index is 13.6. The van der Waals surface area contributed by atoms with Gasteiger partial charge in [-0.05, 0) is 31.9 Å². The van der Waals surface area contributed by atoms with Crippen LogP contribution in [0.2, 0.25) is 0 Å². The molecule has 2 aliphatic heterocycles. The SMILES string of the molecule is C[C@@]1(CS(=O)(=O)N2CCC(Oc3ccccc3F)CC2)CNCN1. The summed E-state index contributed by atoms with van der Waals surface area (Å²) < 4.78 is 46.1. The molecule has 0 radical (unpaired) electrons. The molecule has 2 fully saturated rings. The monoisotopic (exact) mass is 357 g/mol. The number of ether oxygens (including phenoxy) is 1. The number of nitrogens with zero attached hydrogens (tertiary/aromatic N) is 1. The molecule has 2 N–H and O–H groups in total. The number of rotatable bonds is 5. The molecule has 6 nitrogen and oxygen atoms in total. The molecule has 134 valence electrons. The second-order valence-electron chi connectivity index (χ2n) is 6.74. The summed E-state index contributed by atoms with van der Waals surface area (Å²) in [6.07, 6.45) is 0.974. The van der Waals surface area contributed by atoms with Crippen molar-refractivity contribution in [2.75, 3.05) is 32.1 Å². The summed E-state index contributed by atoms with van der Waals surface area (Å²) in [5.41, 5.74) is -0.431. The van der Waals surface area contributed by atoms with E-state index in [1.807, 2.05) is 6.92 Å². The van der Waals surface area contributed by atoms with Crippen molar-refractivity contribution in [3.05, 3.63) is 30.1 Å². The maximum Gasteiger partial charge on any atom is 0.215 e.